The summed E-state index contributed by atoms with van der Waals surface area (Å²) >= 11 is 0. The van der Waals surface area contributed by atoms with Gasteiger partial charge in [-0.2, -0.15) is 0 Å². The lowest BCUT2D eigenvalue weighted by molar-refractivity contribution is -0.274. The van der Waals surface area contributed by atoms with E-state index in [1.165, 1.54) is 12.1 Å². The third-order valence-electron chi connectivity index (χ3n) is 4.97. The lowest BCUT2D eigenvalue weighted by Crippen LogP contribution is -2.17. The molecule has 6 heteroatoms. The first kappa shape index (κ1) is 19.2. The highest BCUT2D eigenvalue weighted by Gasteiger charge is 2.31. The van der Waals surface area contributed by atoms with E-state index < -0.39 is 6.36 Å². The second-order valence-corrected chi connectivity index (χ2v) is 7.24. The predicted molar refractivity (Wildman–Crippen MR) is 109 cm³/mol. The Bertz CT molecular complexity index is 1160. The molecule has 29 heavy (non-hydrogen) atoms. The summed E-state index contributed by atoms with van der Waals surface area (Å²) in [6, 6.07) is 17.8. The van der Waals surface area contributed by atoms with Crippen molar-refractivity contribution in [3.8, 4) is 5.75 Å². The molecule has 0 fully saturated rings. The van der Waals surface area contributed by atoms with Crippen LogP contribution in [0.25, 0.3) is 21.9 Å². The molecule has 3 nitrogen and oxygen atoms in total. The molecule has 0 unspecified atom stereocenters. The Kier molecular flexibility index (Phi) is 4.65. The first-order chi connectivity index (χ1) is 13.7. The quantitative estimate of drug-likeness (QED) is 0.358. The van der Waals surface area contributed by atoms with Crippen molar-refractivity contribution in [1.29, 1.82) is 0 Å². The molecule has 1 heterocycles. The normalized spacial score (nSPS) is 12.1. The Hall–Kier alpha value is -3.15. The molecule has 1 aromatic heterocycles. The van der Waals surface area contributed by atoms with Crippen molar-refractivity contribution in [2.24, 2.45) is 0 Å². The van der Waals surface area contributed by atoms with Crippen LogP contribution in [-0.4, -0.2) is 13.4 Å². The number of furan rings is 1. The standard InChI is InChI=1S/C23H20F3NO2/c1-14(2)17-6-4-7-18-19-8-5-9-20(22(19)28-21(17)18)27(3)15-10-12-16(13-11-15)29-23(24,25)26/h4-14H,1-3H3. The molecule has 0 bridgehead atoms. The summed E-state index contributed by atoms with van der Waals surface area (Å²) in [5, 5.41) is 2.05. The number of fused-ring (bicyclic) bond motifs is 3. The number of alkyl halides is 3. The molecule has 0 saturated heterocycles. The Morgan fingerprint density at radius 1 is 0.862 bits per heavy atom. The minimum absolute atomic E-state index is 0.252. The fraction of sp³-hybridized carbons (Fsp3) is 0.217. The third-order valence-corrected chi connectivity index (χ3v) is 4.97. The van der Waals surface area contributed by atoms with E-state index in [1.54, 1.807) is 12.1 Å². The SMILES string of the molecule is CC(C)c1cccc2c1oc1c(N(C)c3ccc(OC(F)(F)F)cc3)cccc12. The van der Waals surface area contributed by atoms with Crippen molar-refractivity contribution in [2.45, 2.75) is 26.1 Å². The topological polar surface area (TPSA) is 25.6 Å². The number of benzene rings is 3. The van der Waals surface area contributed by atoms with Crippen molar-refractivity contribution in [3.63, 3.8) is 0 Å². The summed E-state index contributed by atoms with van der Waals surface area (Å²) in [5.41, 5.74) is 4.30. The molecule has 0 saturated carbocycles. The van der Waals surface area contributed by atoms with E-state index in [0.29, 0.717) is 5.92 Å². The van der Waals surface area contributed by atoms with Gasteiger partial charge in [0, 0.05) is 23.5 Å². The molecule has 0 radical (unpaired) electrons. The molecule has 150 valence electrons. The highest BCUT2D eigenvalue weighted by atomic mass is 19.4. The highest BCUT2D eigenvalue weighted by molar-refractivity contribution is 6.10. The van der Waals surface area contributed by atoms with Gasteiger partial charge in [0.25, 0.3) is 0 Å². The van der Waals surface area contributed by atoms with Crippen LogP contribution in [-0.2, 0) is 0 Å². The maximum Gasteiger partial charge on any atom is 0.573 e. The maximum absolute atomic E-state index is 12.4. The van der Waals surface area contributed by atoms with Gasteiger partial charge in [0.1, 0.15) is 11.3 Å². The van der Waals surface area contributed by atoms with Crippen LogP contribution in [0.4, 0.5) is 24.5 Å². The Morgan fingerprint density at radius 2 is 1.48 bits per heavy atom. The smallest absolute Gasteiger partial charge is 0.454 e. The highest BCUT2D eigenvalue weighted by Crippen LogP contribution is 2.39. The summed E-state index contributed by atoms with van der Waals surface area (Å²) in [6.45, 7) is 4.25. The van der Waals surface area contributed by atoms with Crippen LogP contribution in [0.1, 0.15) is 25.3 Å². The predicted octanol–water partition coefficient (Wildman–Crippen LogP) is 7.38. The zero-order valence-corrected chi connectivity index (χ0v) is 16.2. The number of para-hydroxylation sites is 2. The molecule has 0 spiro atoms. The van der Waals surface area contributed by atoms with Crippen LogP contribution >= 0.6 is 0 Å². The summed E-state index contributed by atoms with van der Waals surface area (Å²) in [4.78, 5) is 1.89. The second kappa shape index (κ2) is 7.03. The first-order valence-electron chi connectivity index (χ1n) is 9.28. The fourth-order valence-electron chi connectivity index (χ4n) is 3.56. The number of hydrogen-bond acceptors (Lipinski definition) is 3. The average Bonchev–Trinajstić information content (AvgIpc) is 3.05. The molecule has 4 aromatic rings. The summed E-state index contributed by atoms with van der Waals surface area (Å²) in [7, 11) is 1.85. The van der Waals surface area contributed by atoms with E-state index in [1.807, 2.05) is 42.3 Å². The van der Waals surface area contributed by atoms with Gasteiger partial charge in [-0.15, -0.1) is 13.2 Å². The molecular formula is C23H20F3NO2. The number of nitrogens with zero attached hydrogens (tertiary/aromatic N) is 1. The zero-order valence-electron chi connectivity index (χ0n) is 16.2. The maximum atomic E-state index is 12.4. The van der Waals surface area contributed by atoms with Crippen LogP contribution in [0.2, 0.25) is 0 Å². The van der Waals surface area contributed by atoms with Crippen LogP contribution in [0.5, 0.6) is 5.75 Å². The number of halogens is 3. The van der Waals surface area contributed by atoms with E-state index in [-0.39, 0.29) is 5.75 Å². The van der Waals surface area contributed by atoms with Crippen molar-refractivity contribution in [3.05, 3.63) is 66.2 Å². The number of hydrogen-bond donors (Lipinski definition) is 0. The van der Waals surface area contributed by atoms with Gasteiger partial charge in [-0.1, -0.05) is 44.2 Å². The number of rotatable bonds is 4. The van der Waals surface area contributed by atoms with Gasteiger partial charge < -0.3 is 14.1 Å². The summed E-state index contributed by atoms with van der Waals surface area (Å²) in [5.74, 6) is 0.0692. The monoisotopic (exact) mass is 399 g/mol. The van der Waals surface area contributed by atoms with E-state index in [4.69, 9.17) is 4.42 Å². The van der Waals surface area contributed by atoms with Crippen LogP contribution in [0.3, 0.4) is 0 Å². The molecule has 4 rings (SSSR count). The molecule has 0 amide bonds. The lowest BCUT2D eigenvalue weighted by atomic mass is 10.0. The van der Waals surface area contributed by atoms with Crippen molar-refractivity contribution in [2.75, 3.05) is 11.9 Å². The number of ether oxygens (including phenoxy) is 1. The molecule has 0 N–H and O–H groups in total. The van der Waals surface area contributed by atoms with Gasteiger partial charge in [-0.3, -0.25) is 0 Å². The van der Waals surface area contributed by atoms with Gasteiger partial charge in [0.05, 0.1) is 5.69 Å². The molecule has 0 atom stereocenters. The summed E-state index contributed by atoms with van der Waals surface area (Å²) in [6.07, 6.45) is -4.71. The summed E-state index contributed by atoms with van der Waals surface area (Å²) < 4.78 is 47.4. The van der Waals surface area contributed by atoms with Crippen molar-refractivity contribution in [1.82, 2.24) is 0 Å². The van der Waals surface area contributed by atoms with Crippen molar-refractivity contribution >= 4 is 33.3 Å². The second-order valence-electron chi connectivity index (χ2n) is 7.24. The van der Waals surface area contributed by atoms with Gasteiger partial charge in [0.15, 0.2) is 5.58 Å². The number of anilines is 2. The van der Waals surface area contributed by atoms with Gasteiger partial charge in [0.2, 0.25) is 0 Å². The Labute approximate surface area is 166 Å². The Morgan fingerprint density at radius 3 is 2.10 bits per heavy atom. The zero-order chi connectivity index (χ0) is 20.8. The molecule has 3 aromatic carbocycles. The van der Waals surface area contributed by atoms with Gasteiger partial charge >= 0.3 is 6.36 Å². The minimum Gasteiger partial charge on any atom is -0.454 e. The average molecular weight is 399 g/mol. The fourth-order valence-corrected chi connectivity index (χ4v) is 3.56. The van der Waals surface area contributed by atoms with E-state index >= 15 is 0 Å². The van der Waals surface area contributed by atoms with E-state index in [0.717, 1.165) is 38.9 Å². The molecule has 0 aliphatic carbocycles. The van der Waals surface area contributed by atoms with Crippen LogP contribution in [0, 0.1) is 0 Å². The van der Waals surface area contributed by atoms with Crippen LogP contribution < -0.4 is 9.64 Å². The van der Waals surface area contributed by atoms with Gasteiger partial charge in [-0.05, 0) is 41.8 Å². The molecule has 0 aliphatic heterocycles. The van der Waals surface area contributed by atoms with Crippen molar-refractivity contribution < 1.29 is 22.3 Å². The lowest BCUT2D eigenvalue weighted by Gasteiger charge is -2.20. The van der Waals surface area contributed by atoms with E-state index in [2.05, 4.69) is 24.7 Å². The molecular weight excluding hydrogens is 379 g/mol. The van der Waals surface area contributed by atoms with E-state index in [9.17, 15) is 13.2 Å². The first-order valence-corrected chi connectivity index (χ1v) is 9.28. The Balaban J connectivity index is 1.77. The van der Waals surface area contributed by atoms with Gasteiger partial charge in [-0.25, -0.2) is 0 Å². The largest absolute Gasteiger partial charge is 0.573 e. The third kappa shape index (κ3) is 3.62. The minimum atomic E-state index is -4.71. The van der Waals surface area contributed by atoms with Crippen LogP contribution in [0.15, 0.2) is 65.1 Å². The molecule has 0 aliphatic rings.